The van der Waals surface area contributed by atoms with Crippen LogP contribution in [0, 0.1) is 0 Å². The van der Waals surface area contributed by atoms with Crippen molar-refractivity contribution in [2.45, 2.75) is 77.7 Å². The Morgan fingerprint density at radius 3 is 2.60 bits per heavy atom. The molecule has 0 spiro atoms. The van der Waals surface area contributed by atoms with E-state index in [9.17, 15) is 4.79 Å². The lowest BCUT2D eigenvalue weighted by Gasteiger charge is -2.23. The van der Waals surface area contributed by atoms with Gasteiger partial charge < -0.3 is 20.1 Å². The maximum Gasteiger partial charge on any atom is 0.407 e. The van der Waals surface area contributed by atoms with Gasteiger partial charge in [0.2, 0.25) is 0 Å². The number of rotatable bonds is 6. The van der Waals surface area contributed by atoms with Gasteiger partial charge in [-0.25, -0.2) is 4.79 Å². The molecule has 0 aliphatic carbocycles. The van der Waals surface area contributed by atoms with Crippen LogP contribution in [0.1, 0.15) is 53.9 Å². The number of carbonyl (C=O) groups excluding carboxylic acids is 1. The predicted octanol–water partition coefficient (Wildman–Crippen LogP) is 2.45. The highest BCUT2D eigenvalue weighted by molar-refractivity contribution is 5.68. The number of amides is 1. The molecule has 0 radical (unpaired) electrons. The van der Waals surface area contributed by atoms with E-state index in [0.717, 1.165) is 32.4 Å². The van der Waals surface area contributed by atoms with Gasteiger partial charge in [-0.15, -0.1) is 0 Å². The molecule has 0 bridgehead atoms. The molecular formula is C15H30N2O3. The van der Waals surface area contributed by atoms with Gasteiger partial charge in [-0.3, -0.25) is 0 Å². The number of nitrogens with one attached hydrogen (secondary N) is 2. The van der Waals surface area contributed by atoms with E-state index in [4.69, 9.17) is 9.47 Å². The Hall–Kier alpha value is -0.810. The summed E-state index contributed by atoms with van der Waals surface area (Å²) in [6.07, 6.45) is 3.46. The summed E-state index contributed by atoms with van der Waals surface area (Å²) in [7, 11) is 0. The van der Waals surface area contributed by atoms with E-state index in [1.54, 1.807) is 0 Å². The molecule has 20 heavy (non-hydrogen) atoms. The first-order valence-electron chi connectivity index (χ1n) is 7.66. The zero-order chi connectivity index (χ0) is 15.2. The van der Waals surface area contributed by atoms with Crippen molar-refractivity contribution < 1.29 is 14.3 Å². The van der Waals surface area contributed by atoms with E-state index in [2.05, 4.69) is 24.5 Å². The molecule has 1 aliphatic rings. The summed E-state index contributed by atoms with van der Waals surface area (Å²) in [6, 6.07) is 0.0867. The minimum atomic E-state index is -0.455. The third kappa shape index (κ3) is 7.10. The molecule has 0 aromatic rings. The highest BCUT2D eigenvalue weighted by Crippen LogP contribution is 2.18. The molecule has 5 heteroatoms. The molecule has 1 heterocycles. The summed E-state index contributed by atoms with van der Waals surface area (Å²) in [6.45, 7) is 11.3. The summed E-state index contributed by atoms with van der Waals surface area (Å²) in [5, 5.41) is 6.26. The normalized spacial score (nSPS) is 24.4. The van der Waals surface area contributed by atoms with E-state index in [-0.39, 0.29) is 12.1 Å². The van der Waals surface area contributed by atoms with Gasteiger partial charge in [0, 0.05) is 19.1 Å². The summed E-state index contributed by atoms with van der Waals surface area (Å²) < 4.78 is 11.0. The molecule has 0 aromatic heterocycles. The summed E-state index contributed by atoms with van der Waals surface area (Å²) in [5.41, 5.74) is -0.455. The molecule has 1 amide bonds. The number of carbonyl (C=O) groups is 1. The van der Waals surface area contributed by atoms with E-state index in [0.29, 0.717) is 12.2 Å². The monoisotopic (exact) mass is 286 g/mol. The van der Waals surface area contributed by atoms with Gasteiger partial charge in [-0.1, -0.05) is 6.92 Å². The molecule has 3 atom stereocenters. The van der Waals surface area contributed by atoms with Crippen molar-refractivity contribution in [3.8, 4) is 0 Å². The smallest absolute Gasteiger partial charge is 0.407 e. The van der Waals surface area contributed by atoms with E-state index in [1.165, 1.54) is 0 Å². The average molecular weight is 286 g/mol. The number of alkyl carbamates (subject to hydrolysis) is 1. The zero-order valence-electron chi connectivity index (χ0n) is 13.5. The van der Waals surface area contributed by atoms with Crippen molar-refractivity contribution in [2.24, 2.45) is 0 Å². The van der Waals surface area contributed by atoms with Gasteiger partial charge in [0.25, 0.3) is 0 Å². The maximum absolute atomic E-state index is 11.7. The first-order valence-corrected chi connectivity index (χ1v) is 7.66. The van der Waals surface area contributed by atoms with Crippen molar-refractivity contribution in [2.75, 3.05) is 13.1 Å². The molecule has 1 rings (SSSR count). The van der Waals surface area contributed by atoms with Gasteiger partial charge in [0.1, 0.15) is 5.60 Å². The van der Waals surface area contributed by atoms with Crippen LogP contribution in [0.25, 0.3) is 0 Å². The molecule has 3 unspecified atom stereocenters. The Labute approximate surface area is 122 Å². The summed E-state index contributed by atoms with van der Waals surface area (Å²) in [5.74, 6) is 0. The Morgan fingerprint density at radius 2 is 2.10 bits per heavy atom. The van der Waals surface area contributed by atoms with Crippen LogP contribution in [-0.4, -0.2) is 43.0 Å². The van der Waals surface area contributed by atoms with Crippen molar-refractivity contribution in [3.05, 3.63) is 0 Å². The van der Waals surface area contributed by atoms with Crippen molar-refractivity contribution in [1.82, 2.24) is 10.6 Å². The molecule has 1 aliphatic heterocycles. The zero-order valence-corrected chi connectivity index (χ0v) is 13.5. The molecule has 0 aromatic carbocycles. The Balaban J connectivity index is 2.20. The standard InChI is InChI=1S/C15H30N2O3/c1-6-12(17-14(18)20-15(3,4)5)9-16-10-13-8-7-11(2)19-13/h11-13,16H,6-10H2,1-5H3,(H,17,18). The molecule has 1 fully saturated rings. The number of hydrogen-bond donors (Lipinski definition) is 2. The average Bonchev–Trinajstić information content (AvgIpc) is 2.71. The van der Waals surface area contributed by atoms with E-state index in [1.807, 2.05) is 20.8 Å². The minimum absolute atomic E-state index is 0.0867. The quantitative estimate of drug-likeness (QED) is 0.787. The largest absolute Gasteiger partial charge is 0.444 e. The second kappa shape index (κ2) is 7.84. The molecule has 118 valence electrons. The van der Waals surface area contributed by atoms with E-state index >= 15 is 0 Å². The highest BCUT2D eigenvalue weighted by Gasteiger charge is 2.22. The van der Waals surface area contributed by atoms with Crippen LogP contribution in [0.4, 0.5) is 4.79 Å². The van der Waals surface area contributed by atoms with Gasteiger partial charge in [-0.2, -0.15) is 0 Å². The first kappa shape index (κ1) is 17.2. The van der Waals surface area contributed by atoms with Gasteiger partial charge >= 0.3 is 6.09 Å². The second-order valence-corrected chi connectivity index (χ2v) is 6.56. The highest BCUT2D eigenvalue weighted by atomic mass is 16.6. The molecule has 1 saturated heterocycles. The Morgan fingerprint density at radius 1 is 1.40 bits per heavy atom. The minimum Gasteiger partial charge on any atom is -0.444 e. The van der Waals surface area contributed by atoms with Gasteiger partial charge in [0.15, 0.2) is 0 Å². The van der Waals surface area contributed by atoms with Crippen LogP contribution in [0.2, 0.25) is 0 Å². The summed E-state index contributed by atoms with van der Waals surface area (Å²) in [4.78, 5) is 11.7. The Bertz CT molecular complexity index is 302. The fourth-order valence-electron chi connectivity index (χ4n) is 2.23. The predicted molar refractivity (Wildman–Crippen MR) is 79.9 cm³/mol. The maximum atomic E-state index is 11.7. The van der Waals surface area contributed by atoms with Crippen LogP contribution < -0.4 is 10.6 Å². The van der Waals surface area contributed by atoms with Gasteiger partial charge in [0.05, 0.1) is 12.2 Å². The number of ether oxygens (including phenoxy) is 2. The molecule has 2 N–H and O–H groups in total. The van der Waals surface area contributed by atoms with Crippen LogP contribution in [-0.2, 0) is 9.47 Å². The molecule has 5 nitrogen and oxygen atoms in total. The van der Waals surface area contributed by atoms with Gasteiger partial charge in [-0.05, 0) is 47.0 Å². The van der Waals surface area contributed by atoms with Crippen molar-refractivity contribution in [3.63, 3.8) is 0 Å². The van der Waals surface area contributed by atoms with Crippen LogP contribution in [0.3, 0.4) is 0 Å². The topological polar surface area (TPSA) is 59.6 Å². The fourth-order valence-corrected chi connectivity index (χ4v) is 2.23. The molecule has 0 saturated carbocycles. The lowest BCUT2D eigenvalue weighted by molar-refractivity contribution is 0.0491. The lowest BCUT2D eigenvalue weighted by Crippen LogP contribution is -2.45. The second-order valence-electron chi connectivity index (χ2n) is 6.56. The van der Waals surface area contributed by atoms with Crippen LogP contribution in [0.15, 0.2) is 0 Å². The summed E-state index contributed by atoms with van der Waals surface area (Å²) >= 11 is 0. The fraction of sp³-hybridized carbons (Fsp3) is 0.933. The van der Waals surface area contributed by atoms with Crippen LogP contribution >= 0.6 is 0 Å². The van der Waals surface area contributed by atoms with E-state index < -0.39 is 5.60 Å². The van der Waals surface area contributed by atoms with Crippen LogP contribution in [0.5, 0.6) is 0 Å². The Kier molecular flexibility index (Phi) is 6.76. The lowest BCUT2D eigenvalue weighted by atomic mass is 10.2. The third-order valence-corrected chi connectivity index (χ3v) is 3.30. The third-order valence-electron chi connectivity index (χ3n) is 3.30. The SMILES string of the molecule is CCC(CNCC1CCC(C)O1)NC(=O)OC(C)(C)C. The van der Waals surface area contributed by atoms with Crippen molar-refractivity contribution in [1.29, 1.82) is 0 Å². The van der Waals surface area contributed by atoms with Crippen molar-refractivity contribution >= 4 is 6.09 Å². The number of hydrogen-bond acceptors (Lipinski definition) is 4. The molecular weight excluding hydrogens is 256 g/mol. The first-order chi connectivity index (χ1) is 9.30.